The van der Waals surface area contributed by atoms with Gasteiger partial charge in [-0.15, -0.1) is 0 Å². The molecule has 2 rings (SSSR count). The Bertz CT molecular complexity index is 517. The maximum atomic E-state index is 12.2. The minimum absolute atomic E-state index is 0.211. The number of halogens is 3. The van der Waals surface area contributed by atoms with Crippen molar-refractivity contribution in [2.45, 2.75) is 12.6 Å². The van der Waals surface area contributed by atoms with Gasteiger partial charge < -0.3 is 5.73 Å². The largest absolute Gasteiger partial charge is 0.393 e. The van der Waals surface area contributed by atoms with Gasteiger partial charge in [0.15, 0.2) is 0 Å². The lowest BCUT2D eigenvalue weighted by Crippen LogP contribution is -2.11. The minimum atomic E-state index is -4.20. The van der Waals surface area contributed by atoms with Gasteiger partial charge >= 0.3 is 6.18 Å². The van der Waals surface area contributed by atoms with E-state index >= 15 is 0 Å². The summed E-state index contributed by atoms with van der Waals surface area (Å²) >= 11 is 0. The molecule has 0 spiro atoms. The smallest absolute Gasteiger partial charge is 0.382 e. The zero-order chi connectivity index (χ0) is 12.5. The lowest BCUT2D eigenvalue weighted by atomic mass is 10.1. The van der Waals surface area contributed by atoms with Gasteiger partial charge in [-0.25, -0.2) is 0 Å². The van der Waals surface area contributed by atoms with Gasteiger partial charge in [0.05, 0.1) is 12.1 Å². The van der Waals surface area contributed by atoms with Crippen molar-refractivity contribution in [2.75, 3.05) is 5.73 Å². The summed E-state index contributed by atoms with van der Waals surface area (Å²) in [7, 11) is 0. The van der Waals surface area contributed by atoms with Crippen molar-refractivity contribution in [1.29, 1.82) is 0 Å². The Balaban J connectivity index is 2.29. The molecule has 0 aliphatic heterocycles. The normalized spacial score (nSPS) is 11.7. The van der Waals surface area contributed by atoms with E-state index in [1.807, 2.05) is 0 Å². The van der Waals surface area contributed by atoms with E-state index in [0.717, 1.165) is 0 Å². The number of benzene rings is 1. The lowest BCUT2D eigenvalue weighted by molar-refractivity contribution is -0.127. The van der Waals surface area contributed by atoms with Gasteiger partial charge in [-0.2, -0.15) is 18.3 Å². The Labute approximate surface area is 95.5 Å². The maximum absolute atomic E-state index is 12.2. The molecule has 0 saturated carbocycles. The van der Waals surface area contributed by atoms with Crippen LogP contribution in [0.1, 0.15) is 5.56 Å². The van der Waals surface area contributed by atoms with Crippen molar-refractivity contribution in [3.05, 3.63) is 35.9 Å². The monoisotopic (exact) mass is 241 g/mol. The molecule has 0 aliphatic rings. The molecule has 90 valence electrons. The predicted molar refractivity (Wildman–Crippen MR) is 58.2 cm³/mol. The molecular formula is C11H10F3N3. The SMILES string of the molecule is Nc1cc(-c2cccc(CC(F)(F)F)c2)[nH]n1. The van der Waals surface area contributed by atoms with Gasteiger partial charge in [0.25, 0.3) is 0 Å². The quantitative estimate of drug-likeness (QED) is 0.849. The Morgan fingerprint density at radius 1 is 1.24 bits per heavy atom. The van der Waals surface area contributed by atoms with Gasteiger partial charge in [0.2, 0.25) is 0 Å². The van der Waals surface area contributed by atoms with Crippen LogP contribution in [-0.4, -0.2) is 16.4 Å². The van der Waals surface area contributed by atoms with Gasteiger partial charge in [-0.1, -0.05) is 18.2 Å². The van der Waals surface area contributed by atoms with E-state index in [-0.39, 0.29) is 5.56 Å². The number of anilines is 1. The van der Waals surface area contributed by atoms with Gasteiger partial charge in [0.1, 0.15) is 5.82 Å². The summed E-state index contributed by atoms with van der Waals surface area (Å²) in [5.74, 6) is 0.307. The van der Waals surface area contributed by atoms with Crippen LogP contribution in [0.5, 0.6) is 0 Å². The first-order valence-electron chi connectivity index (χ1n) is 4.91. The predicted octanol–water partition coefficient (Wildman–Crippen LogP) is 2.76. The van der Waals surface area contributed by atoms with Gasteiger partial charge in [-0.3, -0.25) is 5.10 Å². The minimum Gasteiger partial charge on any atom is -0.382 e. The number of rotatable bonds is 2. The first-order chi connectivity index (χ1) is 7.94. The highest BCUT2D eigenvalue weighted by molar-refractivity contribution is 5.62. The number of nitrogens with zero attached hydrogens (tertiary/aromatic N) is 1. The second kappa shape index (κ2) is 4.12. The molecule has 0 fully saturated rings. The van der Waals surface area contributed by atoms with Crippen LogP contribution in [0.15, 0.2) is 30.3 Å². The highest BCUT2D eigenvalue weighted by Gasteiger charge is 2.27. The van der Waals surface area contributed by atoms with E-state index in [1.165, 1.54) is 12.1 Å². The van der Waals surface area contributed by atoms with E-state index in [9.17, 15) is 13.2 Å². The zero-order valence-corrected chi connectivity index (χ0v) is 8.75. The lowest BCUT2D eigenvalue weighted by Gasteiger charge is -2.07. The van der Waals surface area contributed by atoms with Crippen LogP contribution in [0.2, 0.25) is 0 Å². The number of H-pyrrole nitrogens is 1. The molecule has 1 aromatic heterocycles. The van der Waals surface area contributed by atoms with E-state index < -0.39 is 12.6 Å². The fourth-order valence-corrected chi connectivity index (χ4v) is 1.57. The molecule has 3 nitrogen and oxygen atoms in total. The van der Waals surface area contributed by atoms with Crippen molar-refractivity contribution in [2.24, 2.45) is 0 Å². The molecule has 2 aromatic rings. The maximum Gasteiger partial charge on any atom is 0.393 e. The van der Waals surface area contributed by atoms with Crippen molar-refractivity contribution < 1.29 is 13.2 Å². The second-order valence-electron chi connectivity index (χ2n) is 3.70. The Morgan fingerprint density at radius 3 is 2.59 bits per heavy atom. The van der Waals surface area contributed by atoms with E-state index in [0.29, 0.717) is 17.1 Å². The van der Waals surface area contributed by atoms with E-state index in [1.54, 1.807) is 18.2 Å². The molecule has 0 unspecified atom stereocenters. The number of hydrogen-bond acceptors (Lipinski definition) is 2. The summed E-state index contributed by atoms with van der Waals surface area (Å²) in [5.41, 5.74) is 6.88. The number of aromatic nitrogens is 2. The Hall–Kier alpha value is -1.98. The van der Waals surface area contributed by atoms with Crippen LogP contribution in [0.25, 0.3) is 11.3 Å². The average molecular weight is 241 g/mol. The summed E-state index contributed by atoms with van der Waals surface area (Å²) in [6, 6.07) is 7.77. The number of nitrogens with two attached hydrogens (primary N) is 1. The number of hydrogen-bond donors (Lipinski definition) is 2. The zero-order valence-electron chi connectivity index (χ0n) is 8.75. The molecule has 3 N–H and O–H groups in total. The molecule has 1 aromatic carbocycles. The van der Waals surface area contributed by atoms with Crippen molar-refractivity contribution >= 4 is 5.82 Å². The first kappa shape index (κ1) is 11.5. The molecule has 0 aliphatic carbocycles. The standard InChI is InChI=1S/C11H10F3N3/c12-11(13,14)6-7-2-1-3-8(4-7)9-5-10(15)17-16-9/h1-5H,6H2,(H3,15,16,17). The number of alkyl halides is 3. The summed E-state index contributed by atoms with van der Waals surface area (Å²) in [4.78, 5) is 0. The topological polar surface area (TPSA) is 54.7 Å². The second-order valence-corrected chi connectivity index (χ2v) is 3.70. The van der Waals surface area contributed by atoms with Crippen LogP contribution >= 0.6 is 0 Å². The van der Waals surface area contributed by atoms with Crippen LogP contribution in [-0.2, 0) is 6.42 Å². The third-order valence-electron chi connectivity index (χ3n) is 2.24. The van der Waals surface area contributed by atoms with Crippen molar-refractivity contribution in [1.82, 2.24) is 10.2 Å². The third kappa shape index (κ3) is 2.99. The fourth-order valence-electron chi connectivity index (χ4n) is 1.57. The molecule has 0 amide bonds. The average Bonchev–Trinajstić information content (AvgIpc) is 2.63. The molecule has 0 saturated heterocycles. The molecule has 17 heavy (non-hydrogen) atoms. The summed E-state index contributed by atoms with van der Waals surface area (Å²) in [6.07, 6.45) is -5.14. The van der Waals surface area contributed by atoms with Crippen LogP contribution < -0.4 is 5.73 Å². The van der Waals surface area contributed by atoms with Crippen LogP contribution in [0, 0.1) is 0 Å². The number of nitrogens with one attached hydrogen (secondary N) is 1. The summed E-state index contributed by atoms with van der Waals surface area (Å²) in [5, 5.41) is 6.38. The number of nitrogen functional groups attached to an aromatic ring is 1. The molecule has 0 atom stereocenters. The van der Waals surface area contributed by atoms with E-state index in [2.05, 4.69) is 10.2 Å². The summed E-state index contributed by atoms with van der Waals surface area (Å²) in [6.45, 7) is 0. The fraction of sp³-hybridized carbons (Fsp3) is 0.182. The molecule has 0 bridgehead atoms. The first-order valence-corrected chi connectivity index (χ1v) is 4.91. The highest BCUT2D eigenvalue weighted by Crippen LogP contribution is 2.25. The molecule has 1 heterocycles. The number of aromatic amines is 1. The van der Waals surface area contributed by atoms with Crippen molar-refractivity contribution in [3.8, 4) is 11.3 Å². The molecule has 0 radical (unpaired) electrons. The van der Waals surface area contributed by atoms with Crippen molar-refractivity contribution in [3.63, 3.8) is 0 Å². The third-order valence-corrected chi connectivity index (χ3v) is 2.24. The van der Waals surface area contributed by atoms with Crippen LogP contribution in [0.4, 0.5) is 19.0 Å². The Kier molecular flexibility index (Phi) is 2.79. The van der Waals surface area contributed by atoms with E-state index in [4.69, 9.17) is 5.73 Å². The van der Waals surface area contributed by atoms with Gasteiger partial charge in [0, 0.05) is 6.07 Å². The summed E-state index contributed by atoms with van der Waals surface area (Å²) < 4.78 is 36.7. The van der Waals surface area contributed by atoms with Gasteiger partial charge in [-0.05, 0) is 17.2 Å². The van der Waals surface area contributed by atoms with Crippen LogP contribution in [0.3, 0.4) is 0 Å². The molecular weight excluding hydrogens is 231 g/mol. The molecule has 6 heteroatoms. The highest BCUT2D eigenvalue weighted by atomic mass is 19.4. The Morgan fingerprint density at radius 2 is 2.00 bits per heavy atom.